The molecular weight excluding hydrogens is 190 g/mol. The Morgan fingerprint density at radius 2 is 2.15 bits per heavy atom. The van der Waals surface area contributed by atoms with Gasteiger partial charge in [-0.15, -0.1) is 11.6 Å². The van der Waals surface area contributed by atoms with Gasteiger partial charge >= 0.3 is 0 Å². The Labute approximate surface area is 84.0 Å². The molecule has 0 N–H and O–H groups in total. The van der Waals surface area contributed by atoms with Crippen LogP contribution in [0.5, 0.6) is 0 Å². The lowest BCUT2D eigenvalue weighted by Crippen LogP contribution is -2.39. The first-order chi connectivity index (χ1) is 6.27. The maximum atomic E-state index is 11.2. The summed E-state index contributed by atoms with van der Waals surface area (Å²) in [6, 6.07) is 0. The fraction of sp³-hybridized carbons (Fsp3) is 0.889. The van der Waals surface area contributed by atoms with Gasteiger partial charge in [-0.05, 0) is 18.8 Å². The van der Waals surface area contributed by atoms with Gasteiger partial charge in [-0.2, -0.15) is 0 Å². The number of rotatable bonds is 3. The number of carbonyl (C=O) groups excluding carboxylic acids is 1. The zero-order valence-electron chi connectivity index (χ0n) is 7.96. The first-order valence-corrected chi connectivity index (χ1v) is 5.14. The molecule has 1 rings (SSSR count). The summed E-state index contributed by atoms with van der Waals surface area (Å²) in [6.07, 6.45) is 2.08. The van der Waals surface area contributed by atoms with Crippen molar-refractivity contribution in [1.82, 2.24) is 4.90 Å². The quantitative estimate of drug-likeness (QED) is 0.646. The molecule has 1 aliphatic rings. The molecule has 3 nitrogen and oxygen atoms in total. The average molecular weight is 206 g/mol. The van der Waals surface area contributed by atoms with Crippen molar-refractivity contribution in [2.45, 2.75) is 12.8 Å². The minimum absolute atomic E-state index is 0.0533. The van der Waals surface area contributed by atoms with Crippen LogP contribution in [0.25, 0.3) is 0 Å². The minimum Gasteiger partial charge on any atom is -0.384 e. The topological polar surface area (TPSA) is 29.5 Å². The molecule has 0 bridgehead atoms. The first kappa shape index (κ1) is 10.8. The number of hydrogen-bond acceptors (Lipinski definition) is 2. The number of likely N-dealkylation sites (tertiary alicyclic amines) is 1. The molecule has 1 fully saturated rings. The number of ether oxygens (including phenoxy) is 1. The molecule has 0 radical (unpaired) electrons. The van der Waals surface area contributed by atoms with Gasteiger partial charge in [0.05, 0.1) is 0 Å². The highest BCUT2D eigenvalue weighted by atomic mass is 35.5. The lowest BCUT2D eigenvalue weighted by Gasteiger charge is -2.31. The van der Waals surface area contributed by atoms with E-state index >= 15 is 0 Å². The average Bonchev–Trinajstić information content (AvgIpc) is 2.18. The third kappa shape index (κ3) is 3.16. The van der Waals surface area contributed by atoms with Crippen molar-refractivity contribution in [3.63, 3.8) is 0 Å². The molecule has 0 atom stereocenters. The number of alkyl halides is 1. The molecular formula is C9H16ClNO2. The number of amides is 1. The van der Waals surface area contributed by atoms with Crippen LogP contribution in [-0.4, -0.2) is 43.5 Å². The van der Waals surface area contributed by atoms with Crippen LogP contribution >= 0.6 is 11.6 Å². The molecule has 1 amide bonds. The molecule has 1 aliphatic heterocycles. The lowest BCUT2D eigenvalue weighted by atomic mass is 9.98. The van der Waals surface area contributed by atoms with Crippen molar-refractivity contribution in [2.24, 2.45) is 5.92 Å². The van der Waals surface area contributed by atoms with Gasteiger partial charge < -0.3 is 9.64 Å². The van der Waals surface area contributed by atoms with E-state index in [4.69, 9.17) is 16.3 Å². The summed E-state index contributed by atoms with van der Waals surface area (Å²) in [7, 11) is 1.72. The Morgan fingerprint density at radius 1 is 1.54 bits per heavy atom. The minimum atomic E-state index is 0.0533. The van der Waals surface area contributed by atoms with Crippen molar-refractivity contribution in [2.75, 3.05) is 32.7 Å². The molecule has 13 heavy (non-hydrogen) atoms. The number of methoxy groups -OCH3 is 1. The van der Waals surface area contributed by atoms with Gasteiger partial charge in [0.25, 0.3) is 0 Å². The highest BCUT2D eigenvalue weighted by Crippen LogP contribution is 2.17. The summed E-state index contributed by atoms with van der Waals surface area (Å²) in [4.78, 5) is 13.0. The molecule has 1 saturated heterocycles. The molecule has 0 aromatic heterocycles. The molecule has 0 aliphatic carbocycles. The Morgan fingerprint density at radius 3 is 2.62 bits per heavy atom. The molecule has 0 saturated carbocycles. The Balaban J connectivity index is 2.26. The van der Waals surface area contributed by atoms with E-state index in [0.29, 0.717) is 5.92 Å². The van der Waals surface area contributed by atoms with Crippen molar-refractivity contribution in [3.8, 4) is 0 Å². The lowest BCUT2D eigenvalue weighted by molar-refractivity contribution is -0.130. The summed E-state index contributed by atoms with van der Waals surface area (Å²) >= 11 is 5.47. The van der Waals surface area contributed by atoms with Crippen molar-refractivity contribution < 1.29 is 9.53 Å². The largest absolute Gasteiger partial charge is 0.384 e. The summed E-state index contributed by atoms with van der Waals surface area (Å²) in [5.41, 5.74) is 0. The summed E-state index contributed by atoms with van der Waals surface area (Å²) in [5, 5.41) is 0. The maximum absolute atomic E-state index is 11.2. The number of halogens is 1. The maximum Gasteiger partial charge on any atom is 0.237 e. The molecule has 0 unspecified atom stereocenters. The molecule has 0 aromatic rings. The summed E-state index contributed by atoms with van der Waals surface area (Å²) in [5.74, 6) is 0.775. The third-order valence-corrected chi connectivity index (χ3v) is 2.71. The fourth-order valence-electron chi connectivity index (χ4n) is 1.67. The van der Waals surface area contributed by atoms with E-state index in [0.717, 1.165) is 32.5 Å². The fourth-order valence-corrected chi connectivity index (χ4v) is 1.84. The molecule has 4 heteroatoms. The molecule has 76 valence electrons. The van der Waals surface area contributed by atoms with Crippen LogP contribution in [0.1, 0.15) is 12.8 Å². The van der Waals surface area contributed by atoms with Crippen LogP contribution in [0.15, 0.2) is 0 Å². The number of hydrogen-bond donors (Lipinski definition) is 0. The normalized spacial score (nSPS) is 19.1. The van der Waals surface area contributed by atoms with Crippen LogP contribution in [0.4, 0.5) is 0 Å². The summed E-state index contributed by atoms with van der Waals surface area (Å²) in [6.45, 7) is 2.47. The van der Waals surface area contributed by atoms with Crippen LogP contribution < -0.4 is 0 Å². The van der Waals surface area contributed by atoms with Crippen molar-refractivity contribution in [3.05, 3.63) is 0 Å². The van der Waals surface area contributed by atoms with E-state index in [9.17, 15) is 4.79 Å². The van der Waals surface area contributed by atoms with E-state index in [1.54, 1.807) is 7.11 Å². The zero-order valence-corrected chi connectivity index (χ0v) is 8.72. The number of piperidine rings is 1. The van der Waals surface area contributed by atoms with Crippen LogP contribution in [0, 0.1) is 5.92 Å². The third-order valence-electron chi connectivity index (χ3n) is 2.48. The monoisotopic (exact) mass is 205 g/mol. The van der Waals surface area contributed by atoms with Crippen molar-refractivity contribution >= 4 is 17.5 Å². The molecule has 1 heterocycles. The predicted molar refractivity (Wildman–Crippen MR) is 51.9 cm³/mol. The Kier molecular flexibility index (Phi) is 4.53. The van der Waals surface area contributed by atoms with Crippen molar-refractivity contribution in [1.29, 1.82) is 0 Å². The highest BCUT2D eigenvalue weighted by Gasteiger charge is 2.21. The predicted octanol–water partition coefficient (Wildman–Crippen LogP) is 1.11. The second-order valence-corrected chi connectivity index (χ2v) is 3.68. The van der Waals surface area contributed by atoms with Gasteiger partial charge in [0, 0.05) is 26.8 Å². The van der Waals surface area contributed by atoms with E-state index in [1.165, 1.54) is 0 Å². The van der Waals surface area contributed by atoms with Gasteiger partial charge in [0.1, 0.15) is 5.88 Å². The van der Waals surface area contributed by atoms with Gasteiger partial charge in [-0.1, -0.05) is 0 Å². The van der Waals surface area contributed by atoms with Gasteiger partial charge in [0.15, 0.2) is 0 Å². The SMILES string of the molecule is COCC1CCN(C(=O)CCl)CC1. The first-order valence-electron chi connectivity index (χ1n) is 4.60. The Bertz CT molecular complexity index is 167. The second kappa shape index (κ2) is 5.45. The van der Waals surface area contributed by atoms with Gasteiger partial charge in [-0.25, -0.2) is 0 Å². The van der Waals surface area contributed by atoms with Crippen LogP contribution in [0.2, 0.25) is 0 Å². The van der Waals surface area contributed by atoms with Crippen LogP contribution in [0.3, 0.4) is 0 Å². The van der Waals surface area contributed by atoms with E-state index < -0.39 is 0 Å². The van der Waals surface area contributed by atoms with Crippen LogP contribution in [-0.2, 0) is 9.53 Å². The zero-order chi connectivity index (χ0) is 9.68. The van der Waals surface area contributed by atoms with Gasteiger partial charge in [0.2, 0.25) is 5.91 Å². The van der Waals surface area contributed by atoms with E-state index in [1.807, 2.05) is 4.90 Å². The van der Waals surface area contributed by atoms with E-state index in [-0.39, 0.29) is 11.8 Å². The number of carbonyl (C=O) groups is 1. The van der Waals surface area contributed by atoms with E-state index in [2.05, 4.69) is 0 Å². The standard InChI is InChI=1S/C9H16ClNO2/c1-13-7-8-2-4-11(5-3-8)9(12)6-10/h8H,2-7H2,1H3. The van der Waals surface area contributed by atoms with Gasteiger partial charge in [-0.3, -0.25) is 4.79 Å². The summed E-state index contributed by atoms with van der Waals surface area (Å²) < 4.78 is 5.07. The highest BCUT2D eigenvalue weighted by molar-refractivity contribution is 6.27. The second-order valence-electron chi connectivity index (χ2n) is 3.41. The Hall–Kier alpha value is -0.280. The molecule has 0 spiro atoms. The smallest absolute Gasteiger partial charge is 0.237 e. The molecule has 0 aromatic carbocycles. The number of nitrogens with zero attached hydrogens (tertiary/aromatic N) is 1.